The first-order valence-corrected chi connectivity index (χ1v) is 40.7. The van der Waals surface area contributed by atoms with Gasteiger partial charge in [-0.05, 0) is 196 Å². The third-order valence-corrected chi connectivity index (χ3v) is 25.1. The second kappa shape index (κ2) is 34.0. The summed E-state index contributed by atoms with van der Waals surface area (Å²) >= 11 is 1.39. The van der Waals surface area contributed by atoms with Crippen LogP contribution in [0, 0.1) is 40.9 Å². The van der Waals surface area contributed by atoms with Gasteiger partial charge in [-0.15, -0.1) is 0 Å². The van der Waals surface area contributed by atoms with Gasteiger partial charge in [0.05, 0.1) is 28.3 Å². The van der Waals surface area contributed by atoms with Crippen molar-refractivity contribution in [1.82, 2.24) is 40.2 Å². The lowest BCUT2D eigenvalue weighted by Crippen LogP contribution is -2.59. The van der Waals surface area contributed by atoms with E-state index in [1.165, 1.54) is 53.5 Å². The number of amides is 7. The average molecular weight is 1580 g/mol. The van der Waals surface area contributed by atoms with E-state index in [0.717, 1.165) is 70.5 Å². The molecule has 112 heavy (non-hydrogen) atoms. The van der Waals surface area contributed by atoms with E-state index in [4.69, 9.17) is 19.6 Å². The number of hydrogen-bond donors (Lipinski definition) is 10. The van der Waals surface area contributed by atoms with Crippen LogP contribution in [0.1, 0.15) is 167 Å². The van der Waals surface area contributed by atoms with Gasteiger partial charge in [0.2, 0.25) is 17.7 Å². The number of carboxylic acid groups (broad SMARTS) is 2. The Morgan fingerprint density at radius 2 is 1.56 bits per heavy atom. The zero-order valence-electron chi connectivity index (χ0n) is 63.6. The summed E-state index contributed by atoms with van der Waals surface area (Å²) in [6, 6.07) is 19.3. The Morgan fingerprint density at radius 3 is 2.29 bits per heavy atom. The maximum absolute atomic E-state index is 14.4. The van der Waals surface area contributed by atoms with Crippen molar-refractivity contribution in [2.75, 3.05) is 47.5 Å². The van der Waals surface area contributed by atoms with Crippen LogP contribution in [0.2, 0.25) is 0 Å². The molecule has 30 nitrogen and oxygen atoms in total. The molecular weight excluding hydrogens is 1480 g/mol. The summed E-state index contributed by atoms with van der Waals surface area (Å²) in [5.74, 6) is -5.93. The average Bonchev–Trinajstić information content (AvgIpc) is 0.830. The van der Waals surface area contributed by atoms with Crippen LogP contribution in [0.25, 0.3) is 21.3 Å². The van der Waals surface area contributed by atoms with E-state index in [1.54, 1.807) is 32.2 Å². The number of aliphatic hydroxyl groups is 3. The molecule has 12 atom stereocenters. The molecule has 6 heterocycles. The first kappa shape index (κ1) is 81.9. The van der Waals surface area contributed by atoms with Crippen LogP contribution in [0.3, 0.4) is 0 Å². The summed E-state index contributed by atoms with van der Waals surface area (Å²) in [5, 5.41) is 69.4. The van der Waals surface area contributed by atoms with Crippen LogP contribution in [-0.2, 0) is 80.9 Å². The molecule has 0 radical (unpaired) electrons. The van der Waals surface area contributed by atoms with Crippen LogP contribution < -0.4 is 26.2 Å². The third kappa shape index (κ3) is 18.7. The van der Waals surface area contributed by atoms with Gasteiger partial charge in [0, 0.05) is 85.9 Å². The minimum absolute atomic E-state index is 0.0498. The van der Waals surface area contributed by atoms with Gasteiger partial charge in [-0.1, -0.05) is 75.8 Å². The number of carbonyl (C=O) groups excluding carboxylic acids is 7. The number of para-hydroxylation sites is 1. The van der Waals surface area contributed by atoms with Crippen LogP contribution >= 0.6 is 11.3 Å². The van der Waals surface area contributed by atoms with E-state index in [-0.39, 0.29) is 77.7 Å². The molecule has 3 saturated carbocycles. The predicted molar refractivity (Wildman–Crippen MR) is 413 cm³/mol. The number of carbonyl (C=O) groups is 9. The molecule has 6 aromatic rings. The molecule has 3 bridgehead atoms. The molecule has 6 aliphatic rings. The standard InChI is InChI=1S/C80H99N11O19S2/c1-45(2)65(86-62(92)19-8-7-11-32-90-63(93)26-27-64(90)94)73(100)82-46(3)71(98)83-52-22-20-51(49(36-52)21-24-59-67(95)68(96)69(97)70(110-59)75(103)104)40-109-77(105)88(34-35-112(106,107)108)31-13-15-50-37-79(6)41-78(5)30-28-57(50)80(42-78,43-79)44-91-47(4)55(38-81-91)53-23-25-61(85-66(53)74(101)102)89-33-29-48-14-12-16-54(56(48)39-89)72(99)87-76-84-58-17-9-10-18-60(58)111-76/h9-10,12,14,16-18,20,22-23,25-27,36,38,45-46,50,57,59,65,67-70,95-97H,7-8,11,13,15,19,21,24,28-35,37,39-44H2,1-6H3,(H,82,100)(H,83,98)(H,86,92)(H,101,102)(H,103,104)(H,84,87,99)(H,106,107,108)/t46-,50?,57?,59-,65-,67-,68+,69-,70-,78?,79?,80?/m0/s1. The Kier molecular flexibility index (Phi) is 24.9. The third-order valence-electron chi connectivity index (χ3n) is 23.4. The summed E-state index contributed by atoms with van der Waals surface area (Å²) in [6.07, 6.45) is 3.13. The van der Waals surface area contributed by atoms with E-state index < -0.39 is 125 Å². The number of aliphatic hydroxyl groups excluding tert-OH is 3. The Bertz CT molecular complexity index is 4700. The van der Waals surface area contributed by atoms with Gasteiger partial charge in [-0.3, -0.25) is 48.2 Å². The number of aryl methyl sites for hydroxylation is 1. The number of carboxylic acids is 2. The smallest absolute Gasteiger partial charge is 0.410 e. The maximum Gasteiger partial charge on any atom is 0.410 e. The van der Waals surface area contributed by atoms with Gasteiger partial charge in [-0.25, -0.2) is 24.4 Å². The first-order valence-electron chi connectivity index (χ1n) is 38.3. The molecule has 600 valence electrons. The van der Waals surface area contributed by atoms with Crippen molar-refractivity contribution in [3.05, 3.63) is 130 Å². The Labute approximate surface area is 652 Å². The second-order valence-electron chi connectivity index (χ2n) is 32.2. The molecule has 3 aliphatic heterocycles. The van der Waals surface area contributed by atoms with Crippen LogP contribution in [0.15, 0.2) is 91.1 Å². The number of ether oxygens (including phenoxy) is 2. The number of nitrogens with zero attached hydrogens (tertiary/aromatic N) is 7. The molecule has 12 rings (SSSR count). The van der Waals surface area contributed by atoms with Crippen molar-refractivity contribution < 1.29 is 91.1 Å². The topological polar surface area (TPSA) is 429 Å². The molecule has 0 spiro atoms. The lowest BCUT2D eigenvalue weighted by Gasteiger charge is -2.66. The number of aromatic carboxylic acids is 1. The zero-order chi connectivity index (χ0) is 80.3. The number of nitrogens with one attached hydrogen (secondary N) is 4. The Hall–Kier alpha value is -9.57. The van der Waals surface area contributed by atoms with E-state index >= 15 is 0 Å². The van der Waals surface area contributed by atoms with Crippen molar-refractivity contribution in [3.63, 3.8) is 0 Å². The summed E-state index contributed by atoms with van der Waals surface area (Å²) < 4.78 is 49.2. The monoisotopic (exact) mass is 1580 g/mol. The van der Waals surface area contributed by atoms with E-state index in [1.807, 2.05) is 59.0 Å². The van der Waals surface area contributed by atoms with Crippen LogP contribution in [-0.4, -0.2) is 196 Å². The van der Waals surface area contributed by atoms with Gasteiger partial charge in [0.1, 0.15) is 42.8 Å². The highest BCUT2D eigenvalue weighted by atomic mass is 32.2. The minimum Gasteiger partial charge on any atom is -0.479 e. The van der Waals surface area contributed by atoms with Crippen molar-refractivity contribution in [2.24, 2.45) is 34.0 Å². The number of benzene rings is 3. The fourth-order valence-electron chi connectivity index (χ4n) is 18.5. The number of fused-ring (bicyclic) bond motifs is 4. The fourth-order valence-corrected chi connectivity index (χ4v) is 19.8. The van der Waals surface area contributed by atoms with Crippen molar-refractivity contribution in [1.29, 1.82) is 0 Å². The number of unbranched alkanes of at least 4 members (excludes halogenated alkanes) is 2. The molecule has 5 unspecified atom stereocenters. The molecule has 1 saturated heterocycles. The second-order valence-corrected chi connectivity index (χ2v) is 34.8. The molecular formula is C80H99N11O19S2. The lowest BCUT2D eigenvalue weighted by molar-refractivity contribution is -0.228. The minimum atomic E-state index is -4.59. The quantitative estimate of drug-likeness (QED) is 0.0108. The maximum atomic E-state index is 14.4. The highest BCUT2D eigenvalue weighted by Gasteiger charge is 2.62. The van der Waals surface area contributed by atoms with E-state index in [2.05, 4.69) is 40.1 Å². The van der Waals surface area contributed by atoms with Crippen molar-refractivity contribution >= 4 is 102 Å². The van der Waals surface area contributed by atoms with Gasteiger partial charge < -0.3 is 60.8 Å². The number of imide groups is 1. The first-order chi connectivity index (χ1) is 53.2. The Balaban J connectivity index is 0.704. The SMILES string of the molecule is Cc1c(-c2ccc(N3CCc4cccc(C(=O)Nc5nc6ccccc6s5)c4C3)nc2C(=O)O)cnn1CC12CC3(C)CCC1C(CCCN(CCS(=O)(=O)O)C(=O)OCc1ccc(NC(=O)[C@H](C)NC(=O)[C@@H](NC(=O)CCCCCN4C(=O)C=CC4=O)C(C)C)cc1CC[C@@H]1O[C@H](C(=O)O)[C@@H](O)[C@H](O)[C@H]1O)CC(C)(C3)C2. The molecule has 32 heteroatoms. The number of thiazole rings is 1. The highest BCUT2D eigenvalue weighted by Crippen LogP contribution is 2.71. The van der Waals surface area contributed by atoms with Gasteiger partial charge in [0.25, 0.3) is 27.8 Å². The summed E-state index contributed by atoms with van der Waals surface area (Å²) in [7, 11) is -4.59. The fraction of sp³-hybridized carbons (Fsp3) is 0.525. The number of pyridine rings is 1. The largest absolute Gasteiger partial charge is 0.479 e. The molecule has 3 aromatic carbocycles. The predicted octanol–water partition coefficient (Wildman–Crippen LogP) is 8.23. The number of aromatic nitrogens is 4. The Morgan fingerprint density at radius 1 is 0.804 bits per heavy atom. The molecule has 10 N–H and O–H groups in total. The number of aliphatic carboxylic acids is 1. The van der Waals surface area contributed by atoms with Gasteiger partial charge in [0.15, 0.2) is 16.9 Å². The molecule has 7 amide bonds. The zero-order valence-corrected chi connectivity index (χ0v) is 65.3. The van der Waals surface area contributed by atoms with Gasteiger partial charge in [-0.2, -0.15) is 13.5 Å². The normalized spacial score (nSPS) is 24.5. The number of anilines is 3. The van der Waals surface area contributed by atoms with E-state index in [9.17, 15) is 81.7 Å². The van der Waals surface area contributed by atoms with Crippen LogP contribution in [0.5, 0.6) is 0 Å². The van der Waals surface area contributed by atoms with Gasteiger partial charge >= 0.3 is 18.0 Å². The molecule has 3 aliphatic carbocycles. The number of rotatable bonds is 32. The van der Waals surface area contributed by atoms with Crippen molar-refractivity contribution in [2.45, 2.75) is 200 Å². The molecule has 3 aromatic heterocycles. The summed E-state index contributed by atoms with van der Waals surface area (Å²) in [6.45, 7) is 12.4. The van der Waals surface area contributed by atoms with Crippen LogP contribution in [0.4, 0.5) is 21.4 Å². The lowest BCUT2D eigenvalue weighted by atomic mass is 9.39. The highest BCUT2D eigenvalue weighted by molar-refractivity contribution is 7.85. The molecule has 4 fully saturated rings. The summed E-state index contributed by atoms with van der Waals surface area (Å²) in [5.41, 5.74) is 5.53. The van der Waals surface area contributed by atoms with E-state index in [0.29, 0.717) is 96.9 Å². The van der Waals surface area contributed by atoms with Crippen molar-refractivity contribution in [3.8, 4) is 11.1 Å². The summed E-state index contributed by atoms with van der Waals surface area (Å²) in [4.78, 5) is 132. The number of hydrogen-bond acceptors (Lipinski definition) is 21.